The number of carbonyl (C=O) groups excluding carboxylic acids is 1. The summed E-state index contributed by atoms with van der Waals surface area (Å²) in [4.78, 5) is 17.1. The van der Waals surface area contributed by atoms with Crippen LogP contribution in [0.4, 0.5) is 0 Å². The number of nitrogens with one attached hydrogen (secondary N) is 1. The van der Waals surface area contributed by atoms with Gasteiger partial charge in [0, 0.05) is 37.5 Å². The lowest BCUT2D eigenvalue weighted by Gasteiger charge is -2.33. The Morgan fingerprint density at radius 2 is 2.25 bits per heavy atom. The van der Waals surface area contributed by atoms with Crippen LogP contribution in [-0.2, 0) is 7.05 Å². The Morgan fingerprint density at radius 3 is 2.96 bits per heavy atom. The van der Waals surface area contributed by atoms with Crippen molar-refractivity contribution in [3.63, 3.8) is 0 Å². The van der Waals surface area contributed by atoms with Crippen LogP contribution in [-0.4, -0.2) is 46.8 Å². The molecule has 4 heterocycles. The van der Waals surface area contributed by atoms with Crippen LogP contribution in [0.1, 0.15) is 54.4 Å². The van der Waals surface area contributed by atoms with Crippen molar-refractivity contribution in [2.45, 2.75) is 39.0 Å². The smallest absolute Gasteiger partial charge is 0.264 e. The molecule has 0 radical (unpaired) electrons. The summed E-state index contributed by atoms with van der Waals surface area (Å²) < 4.78 is 1.92. The maximum atomic E-state index is 13.0. The van der Waals surface area contributed by atoms with E-state index in [9.17, 15) is 4.79 Å². The van der Waals surface area contributed by atoms with Crippen LogP contribution in [0.5, 0.6) is 0 Å². The summed E-state index contributed by atoms with van der Waals surface area (Å²) in [7, 11) is 1.97. The van der Waals surface area contributed by atoms with Gasteiger partial charge in [0.15, 0.2) is 0 Å². The van der Waals surface area contributed by atoms with Gasteiger partial charge < -0.3 is 10.2 Å². The van der Waals surface area contributed by atoms with Crippen molar-refractivity contribution in [1.29, 1.82) is 0 Å². The zero-order valence-corrected chi connectivity index (χ0v) is 15.6. The van der Waals surface area contributed by atoms with Gasteiger partial charge in [-0.25, -0.2) is 0 Å². The topological polar surface area (TPSA) is 50.2 Å². The van der Waals surface area contributed by atoms with Gasteiger partial charge in [-0.1, -0.05) is 13.8 Å². The first-order chi connectivity index (χ1) is 11.5. The molecule has 5 nitrogen and oxygen atoms in total. The van der Waals surface area contributed by atoms with E-state index in [0.717, 1.165) is 53.4 Å². The fraction of sp³-hybridized carbons (Fsp3) is 0.667. The van der Waals surface area contributed by atoms with Crippen molar-refractivity contribution >= 4 is 27.5 Å². The number of aromatic nitrogens is 2. The van der Waals surface area contributed by atoms with Gasteiger partial charge in [0.2, 0.25) is 0 Å². The maximum Gasteiger partial charge on any atom is 0.264 e. The highest BCUT2D eigenvalue weighted by Crippen LogP contribution is 2.38. The van der Waals surface area contributed by atoms with Gasteiger partial charge in [-0.3, -0.25) is 9.48 Å². The summed E-state index contributed by atoms with van der Waals surface area (Å²) in [5.74, 6) is 0.572. The molecule has 2 fully saturated rings. The van der Waals surface area contributed by atoms with E-state index in [-0.39, 0.29) is 5.91 Å². The van der Waals surface area contributed by atoms with Crippen molar-refractivity contribution in [2.75, 3.05) is 26.2 Å². The fourth-order valence-corrected chi connectivity index (χ4v) is 5.29. The van der Waals surface area contributed by atoms with Gasteiger partial charge in [-0.2, -0.15) is 5.10 Å². The molecule has 1 spiro atoms. The van der Waals surface area contributed by atoms with Crippen LogP contribution in [0.2, 0.25) is 0 Å². The average molecular weight is 347 g/mol. The fourth-order valence-electron chi connectivity index (χ4n) is 4.24. The van der Waals surface area contributed by atoms with Crippen LogP contribution in [0.15, 0.2) is 6.07 Å². The molecular weight excluding hydrogens is 320 g/mol. The van der Waals surface area contributed by atoms with E-state index < -0.39 is 0 Å². The molecule has 1 N–H and O–H groups in total. The van der Waals surface area contributed by atoms with E-state index >= 15 is 0 Å². The predicted molar refractivity (Wildman–Crippen MR) is 97.7 cm³/mol. The number of hydrogen-bond acceptors (Lipinski definition) is 4. The molecule has 0 aromatic carbocycles. The highest BCUT2D eigenvalue weighted by atomic mass is 32.1. The van der Waals surface area contributed by atoms with Crippen molar-refractivity contribution in [3.05, 3.63) is 16.6 Å². The van der Waals surface area contributed by atoms with Crippen LogP contribution in [0, 0.1) is 5.41 Å². The van der Waals surface area contributed by atoms with Gasteiger partial charge in [0.05, 0.1) is 10.6 Å². The van der Waals surface area contributed by atoms with E-state index in [2.05, 4.69) is 35.2 Å². The number of rotatable bonds is 2. The monoisotopic (exact) mass is 346 g/mol. The normalized spacial score (nSPS) is 24.6. The maximum absolute atomic E-state index is 13.0. The molecule has 1 atom stereocenters. The minimum atomic E-state index is 0.202. The summed E-state index contributed by atoms with van der Waals surface area (Å²) in [6, 6.07) is 2.06. The van der Waals surface area contributed by atoms with Crippen molar-refractivity contribution < 1.29 is 4.79 Å². The molecule has 0 bridgehead atoms. The Bertz CT molecular complexity index is 769. The molecule has 4 rings (SSSR count). The van der Waals surface area contributed by atoms with E-state index in [1.54, 1.807) is 11.3 Å². The Labute approximate surface area is 147 Å². The van der Waals surface area contributed by atoms with E-state index in [0.29, 0.717) is 11.3 Å². The lowest BCUT2D eigenvalue weighted by atomic mass is 9.80. The summed E-state index contributed by atoms with van der Waals surface area (Å²) in [6.07, 6.45) is 3.61. The first-order valence-electron chi connectivity index (χ1n) is 8.95. The molecular formula is C18H26N4OS. The van der Waals surface area contributed by atoms with Gasteiger partial charge in [-0.05, 0) is 37.8 Å². The third-order valence-electron chi connectivity index (χ3n) is 5.58. The summed E-state index contributed by atoms with van der Waals surface area (Å²) >= 11 is 1.59. The van der Waals surface area contributed by atoms with Crippen molar-refractivity contribution in [2.24, 2.45) is 12.5 Å². The molecule has 2 aliphatic heterocycles. The van der Waals surface area contributed by atoms with Crippen molar-refractivity contribution in [1.82, 2.24) is 20.0 Å². The lowest BCUT2D eigenvalue weighted by molar-refractivity contribution is 0.0769. The number of aryl methyl sites for hydroxylation is 1. The number of thiophene rings is 1. The first kappa shape index (κ1) is 16.1. The van der Waals surface area contributed by atoms with E-state index in [1.165, 1.54) is 12.8 Å². The molecule has 1 amide bonds. The molecule has 130 valence electrons. The lowest BCUT2D eigenvalue weighted by Crippen LogP contribution is -2.42. The summed E-state index contributed by atoms with van der Waals surface area (Å²) in [5.41, 5.74) is 1.41. The molecule has 2 aromatic rings. The van der Waals surface area contributed by atoms with E-state index in [1.807, 2.05) is 11.7 Å². The van der Waals surface area contributed by atoms with Crippen LogP contribution < -0.4 is 5.32 Å². The number of amides is 1. The third-order valence-corrected chi connectivity index (χ3v) is 6.77. The zero-order valence-electron chi connectivity index (χ0n) is 14.8. The van der Waals surface area contributed by atoms with Gasteiger partial charge in [0.25, 0.3) is 5.91 Å². The Balaban J connectivity index is 1.59. The second-order valence-corrected chi connectivity index (χ2v) is 8.78. The first-order valence-corrected chi connectivity index (χ1v) is 9.77. The Hall–Kier alpha value is -1.40. The molecule has 1 unspecified atom stereocenters. The average Bonchev–Trinajstić information content (AvgIpc) is 3.23. The molecule has 0 aliphatic carbocycles. The number of carbonyl (C=O) groups is 1. The van der Waals surface area contributed by atoms with Crippen LogP contribution in [0.3, 0.4) is 0 Å². The van der Waals surface area contributed by atoms with Gasteiger partial charge in [-0.15, -0.1) is 11.3 Å². The largest absolute Gasteiger partial charge is 0.337 e. The van der Waals surface area contributed by atoms with Crippen LogP contribution in [0.25, 0.3) is 10.2 Å². The second-order valence-electron chi connectivity index (χ2n) is 7.75. The van der Waals surface area contributed by atoms with Gasteiger partial charge >= 0.3 is 0 Å². The Kier molecular flexibility index (Phi) is 3.92. The Morgan fingerprint density at radius 1 is 1.42 bits per heavy atom. The van der Waals surface area contributed by atoms with E-state index in [4.69, 9.17) is 0 Å². The SMILES string of the molecule is CC(C)c1nn(C)c2sc(C(=O)N3CCC4(CCCNC4)C3)cc12. The van der Waals surface area contributed by atoms with Gasteiger partial charge in [0.1, 0.15) is 4.83 Å². The molecule has 2 aliphatic rings. The molecule has 24 heavy (non-hydrogen) atoms. The number of likely N-dealkylation sites (tertiary alicyclic amines) is 1. The standard InChI is InChI=1S/C18H26N4OS/c1-12(2)15-13-9-14(24-17(13)21(3)20-15)16(23)22-8-6-18(11-22)5-4-7-19-10-18/h9,12,19H,4-8,10-11H2,1-3H3. The third kappa shape index (κ3) is 2.56. The second kappa shape index (κ2) is 5.85. The molecule has 0 saturated carbocycles. The minimum Gasteiger partial charge on any atom is -0.337 e. The number of fused-ring (bicyclic) bond motifs is 1. The summed E-state index contributed by atoms with van der Waals surface area (Å²) in [6.45, 7) is 8.29. The minimum absolute atomic E-state index is 0.202. The molecule has 2 aromatic heterocycles. The summed E-state index contributed by atoms with van der Waals surface area (Å²) in [5, 5.41) is 9.27. The number of hydrogen-bond donors (Lipinski definition) is 1. The highest BCUT2D eigenvalue weighted by molar-refractivity contribution is 7.20. The molecule has 6 heteroatoms. The quantitative estimate of drug-likeness (QED) is 0.909. The molecule has 2 saturated heterocycles. The zero-order chi connectivity index (χ0) is 16.9. The predicted octanol–water partition coefficient (Wildman–Crippen LogP) is 2.97. The number of nitrogens with zero attached hydrogens (tertiary/aromatic N) is 3. The van der Waals surface area contributed by atoms with Crippen LogP contribution >= 0.6 is 11.3 Å². The number of piperidine rings is 1. The highest BCUT2D eigenvalue weighted by Gasteiger charge is 2.41. The van der Waals surface area contributed by atoms with Crippen molar-refractivity contribution in [3.8, 4) is 0 Å².